The normalized spacial score (nSPS) is 14.6. The molecule has 1 saturated heterocycles. The van der Waals surface area contributed by atoms with Crippen LogP contribution in [0, 0.1) is 5.92 Å². The predicted molar refractivity (Wildman–Crippen MR) is 125 cm³/mol. The molecule has 1 aliphatic heterocycles. The van der Waals surface area contributed by atoms with E-state index in [-0.39, 0.29) is 5.91 Å². The Bertz CT molecular complexity index is 849. The van der Waals surface area contributed by atoms with Crippen molar-refractivity contribution in [1.29, 1.82) is 0 Å². The Labute approximate surface area is 190 Å². The van der Waals surface area contributed by atoms with E-state index in [1.807, 2.05) is 6.07 Å². The number of piperidine rings is 1. The Morgan fingerprint density at radius 1 is 0.844 bits per heavy atom. The van der Waals surface area contributed by atoms with E-state index in [9.17, 15) is 4.79 Å². The minimum absolute atomic E-state index is 0.0257. The molecule has 174 valence electrons. The monoisotopic (exact) mass is 442 g/mol. The molecule has 0 spiro atoms. The van der Waals surface area contributed by atoms with E-state index >= 15 is 0 Å². The number of methoxy groups -OCH3 is 4. The van der Waals surface area contributed by atoms with Crippen LogP contribution in [-0.4, -0.2) is 58.9 Å². The Morgan fingerprint density at radius 3 is 1.84 bits per heavy atom. The Kier molecular flexibility index (Phi) is 8.62. The van der Waals surface area contributed by atoms with Gasteiger partial charge in [-0.2, -0.15) is 0 Å². The second kappa shape index (κ2) is 11.6. The van der Waals surface area contributed by atoms with Crippen molar-refractivity contribution in [2.24, 2.45) is 5.92 Å². The third-order valence-electron chi connectivity index (χ3n) is 5.96. The fourth-order valence-electron chi connectivity index (χ4n) is 4.10. The topological polar surface area (TPSA) is 69.3 Å². The molecule has 0 unspecified atom stereocenters. The molecule has 0 aromatic heterocycles. The van der Waals surface area contributed by atoms with Crippen molar-refractivity contribution in [2.45, 2.75) is 25.7 Å². The number of nitrogens with zero attached hydrogens (tertiary/aromatic N) is 1. The van der Waals surface area contributed by atoms with Gasteiger partial charge in [-0.25, -0.2) is 0 Å². The first-order chi connectivity index (χ1) is 15.5. The minimum atomic E-state index is -0.0257. The quantitative estimate of drug-likeness (QED) is 0.600. The van der Waals surface area contributed by atoms with Crippen LogP contribution in [0.4, 0.5) is 5.69 Å². The smallest absolute Gasteiger partial charge is 0.238 e. The Morgan fingerprint density at radius 2 is 1.34 bits per heavy atom. The van der Waals surface area contributed by atoms with Gasteiger partial charge in [-0.15, -0.1) is 0 Å². The number of hydrogen-bond donors (Lipinski definition) is 1. The summed E-state index contributed by atoms with van der Waals surface area (Å²) in [6.45, 7) is 2.25. The second-order valence-electron chi connectivity index (χ2n) is 8.13. The number of amides is 1. The molecule has 32 heavy (non-hydrogen) atoms. The molecular weight excluding hydrogens is 408 g/mol. The van der Waals surface area contributed by atoms with Crippen molar-refractivity contribution in [3.63, 3.8) is 0 Å². The van der Waals surface area contributed by atoms with Crippen LogP contribution in [0.3, 0.4) is 0 Å². The maximum atomic E-state index is 12.5. The third-order valence-corrected chi connectivity index (χ3v) is 5.96. The van der Waals surface area contributed by atoms with Gasteiger partial charge in [0.15, 0.2) is 0 Å². The van der Waals surface area contributed by atoms with Gasteiger partial charge in [0.2, 0.25) is 5.91 Å². The molecule has 0 atom stereocenters. The molecule has 0 saturated carbocycles. The number of aryl methyl sites for hydroxylation is 1. The van der Waals surface area contributed by atoms with E-state index in [1.54, 1.807) is 46.6 Å². The number of nitrogens with one attached hydrogen (secondary N) is 1. The van der Waals surface area contributed by atoms with Crippen LogP contribution in [0.2, 0.25) is 0 Å². The maximum absolute atomic E-state index is 12.5. The molecule has 0 bridgehead atoms. The van der Waals surface area contributed by atoms with Gasteiger partial charge in [0.25, 0.3) is 0 Å². The van der Waals surface area contributed by atoms with Crippen molar-refractivity contribution < 1.29 is 23.7 Å². The molecule has 1 aliphatic rings. The highest BCUT2D eigenvalue weighted by Crippen LogP contribution is 2.28. The Hall–Kier alpha value is -2.93. The summed E-state index contributed by atoms with van der Waals surface area (Å²) in [6.07, 6.45) is 4.32. The van der Waals surface area contributed by atoms with Crippen LogP contribution < -0.4 is 24.3 Å². The van der Waals surface area contributed by atoms with Gasteiger partial charge in [-0.1, -0.05) is 0 Å². The zero-order chi connectivity index (χ0) is 22.9. The van der Waals surface area contributed by atoms with E-state index in [1.165, 1.54) is 5.56 Å². The van der Waals surface area contributed by atoms with Crippen LogP contribution in [0.1, 0.15) is 24.8 Å². The van der Waals surface area contributed by atoms with Crippen molar-refractivity contribution in [3.8, 4) is 23.0 Å². The van der Waals surface area contributed by atoms with Crippen LogP contribution in [0.25, 0.3) is 0 Å². The van der Waals surface area contributed by atoms with Gasteiger partial charge in [-0.3, -0.25) is 9.69 Å². The lowest BCUT2D eigenvalue weighted by atomic mass is 9.90. The number of benzene rings is 2. The molecule has 1 heterocycles. The average Bonchev–Trinajstić information content (AvgIpc) is 2.82. The molecular formula is C25H34N2O5. The van der Waals surface area contributed by atoms with E-state index in [0.717, 1.165) is 50.3 Å². The molecule has 2 aromatic rings. The molecule has 1 amide bonds. The zero-order valence-corrected chi connectivity index (χ0v) is 19.5. The Balaban J connectivity index is 1.44. The first-order valence-electron chi connectivity index (χ1n) is 11.0. The van der Waals surface area contributed by atoms with Crippen molar-refractivity contribution >= 4 is 11.6 Å². The fraction of sp³-hybridized carbons (Fsp3) is 0.480. The largest absolute Gasteiger partial charge is 0.497 e. The fourth-order valence-corrected chi connectivity index (χ4v) is 4.10. The molecule has 1 N–H and O–H groups in total. The summed E-state index contributed by atoms with van der Waals surface area (Å²) in [6, 6.07) is 11.4. The highest BCUT2D eigenvalue weighted by molar-refractivity contribution is 5.92. The number of likely N-dealkylation sites (tertiary alicyclic amines) is 1. The van der Waals surface area contributed by atoms with Gasteiger partial charge in [0.05, 0.1) is 35.0 Å². The summed E-state index contributed by atoms with van der Waals surface area (Å²) in [5.74, 6) is 3.59. The molecule has 7 nitrogen and oxygen atoms in total. The van der Waals surface area contributed by atoms with Gasteiger partial charge in [0.1, 0.15) is 23.0 Å². The first-order valence-corrected chi connectivity index (χ1v) is 11.0. The molecule has 1 fully saturated rings. The van der Waals surface area contributed by atoms with Crippen molar-refractivity contribution in [1.82, 2.24) is 4.90 Å². The number of carbonyl (C=O) groups excluding carboxylic acids is 1. The molecule has 0 radical (unpaired) electrons. The van der Waals surface area contributed by atoms with E-state index in [2.05, 4.69) is 22.3 Å². The summed E-state index contributed by atoms with van der Waals surface area (Å²) in [5.41, 5.74) is 1.91. The summed E-state index contributed by atoms with van der Waals surface area (Å²) < 4.78 is 21.3. The summed E-state index contributed by atoms with van der Waals surface area (Å²) >= 11 is 0. The molecule has 0 aliphatic carbocycles. The summed E-state index contributed by atoms with van der Waals surface area (Å²) in [4.78, 5) is 14.8. The average molecular weight is 443 g/mol. The predicted octanol–water partition coefficient (Wildman–Crippen LogP) is 4.00. The van der Waals surface area contributed by atoms with Crippen molar-refractivity contribution in [2.75, 3.05) is 53.4 Å². The van der Waals surface area contributed by atoms with Gasteiger partial charge in [0, 0.05) is 30.0 Å². The molecule has 7 heteroatoms. The van der Waals surface area contributed by atoms with Crippen LogP contribution in [0.15, 0.2) is 36.4 Å². The van der Waals surface area contributed by atoms with Gasteiger partial charge < -0.3 is 24.3 Å². The number of anilines is 1. The number of carbonyl (C=O) groups is 1. The lowest BCUT2D eigenvalue weighted by Gasteiger charge is -2.31. The third kappa shape index (κ3) is 6.79. The van der Waals surface area contributed by atoms with E-state index < -0.39 is 0 Å². The molecule has 2 aromatic carbocycles. The lowest BCUT2D eigenvalue weighted by Crippen LogP contribution is -2.39. The van der Waals surface area contributed by atoms with Gasteiger partial charge in [-0.05, 0) is 62.4 Å². The molecule has 3 rings (SSSR count). The van der Waals surface area contributed by atoms with Crippen LogP contribution in [0.5, 0.6) is 23.0 Å². The lowest BCUT2D eigenvalue weighted by molar-refractivity contribution is -0.117. The first kappa shape index (κ1) is 23.7. The maximum Gasteiger partial charge on any atom is 0.238 e. The number of rotatable bonds is 10. The zero-order valence-electron chi connectivity index (χ0n) is 19.5. The number of ether oxygens (including phenoxy) is 4. The van der Waals surface area contributed by atoms with Crippen LogP contribution >= 0.6 is 0 Å². The van der Waals surface area contributed by atoms with Crippen molar-refractivity contribution in [3.05, 3.63) is 42.0 Å². The highest BCUT2D eigenvalue weighted by atomic mass is 16.5. The minimum Gasteiger partial charge on any atom is -0.497 e. The SMILES string of the molecule is COc1cc(CCC2CCN(CC(=O)Nc3cc(OC)cc(OC)c3)CC2)cc(OC)c1. The van der Waals surface area contributed by atoms with E-state index in [0.29, 0.717) is 29.6 Å². The number of hydrogen-bond acceptors (Lipinski definition) is 6. The standard InChI is InChI=1S/C25H34N2O5/c1-29-21-11-19(12-22(15-21)30-2)6-5-18-7-9-27(10-8-18)17-25(28)26-20-13-23(31-3)16-24(14-20)32-4/h11-16,18H,5-10,17H2,1-4H3,(H,26,28). The summed E-state index contributed by atoms with van der Waals surface area (Å²) in [5, 5.41) is 2.95. The highest BCUT2D eigenvalue weighted by Gasteiger charge is 2.21. The van der Waals surface area contributed by atoms with Gasteiger partial charge >= 0.3 is 0 Å². The second-order valence-corrected chi connectivity index (χ2v) is 8.13. The summed E-state index contributed by atoms with van der Waals surface area (Å²) in [7, 11) is 6.54. The van der Waals surface area contributed by atoms with E-state index in [4.69, 9.17) is 18.9 Å². The van der Waals surface area contributed by atoms with Crippen LogP contribution in [-0.2, 0) is 11.2 Å².